The van der Waals surface area contributed by atoms with Gasteiger partial charge >= 0.3 is 11.9 Å². The second-order valence-corrected chi connectivity index (χ2v) is 9.06. The minimum absolute atomic E-state index is 0.0768. The fourth-order valence-electron chi connectivity index (χ4n) is 4.56. The molecule has 1 aromatic carbocycles. The van der Waals surface area contributed by atoms with E-state index in [1.807, 2.05) is 13.8 Å². The lowest BCUT2D eigenvalue weighted by Crippen LogP contribution is -2.31. The molecular formula is C28H36FNO6. The Bertz CT molecular complexity index is 1080. The quantitative estimate of drug-likeness (QED) is 0.267. The van der Waals surface area contributed by atoms with E-state index >= 15 is 0 Å². The molecule has 3 atom stereocenters. The number of aromatic nitrogens is 1. The number of benzene rings is 1. The van der Waals surface area contributed by atoms with Crippen LogP contribution in [0.3, 0.4) is 0 Å². The first-order chi connectivity index (χ1) is 17.0. The van der Waals surface area contributed by atoms with E-state index in [9.17, 15) is 18.8 Å². The van der Waals surface area contributed by atoms with Crippen molar-refractivity contribution in [1.82, 2.24) is 4.98 Å². The van der Waals surface area contributed by atoms with Gasteiger partial charge in [0.15, 0.2) is 17.2 Å². The SMILES string of the molecule is CCC(CC)[C@H](c1ccc(F)cc1C)[C@H](C)OC(=O)[C@H](C)CC(=O)c1nccc(OC)c1OC(C)=O. The monoisotopic (exact) mass is 501 g/mol. The number of hydrogen-bond donors (Lipinski definition) is 0. The summed E-state index contributed by atoms with van der Waals surface area (Å²) >= 11 is 0. The minimum Gasteiger partial charge on any atom is -0.493 e. The first kappa shape index (κ1) is 28.9. The van der Waals surface area contributed by atoms with Gasteiger partial charge in [-0.1, -0.05) is 39.7 Å². The number of ketones is 1. The highest BCUT2D eigenvalue weighted by Crippen LogP contribution is 2.37. The molecular weight excluding hydrogens is 465 g/mol. The molecule has 8 heteroatoms. The summed E-state index contributed by atoms with van der Waals surface area (Å²) < 4.78 is 29.9. The van der Waals surface area contributed by atoms with Crippen molar-refractivity contribution in [3.05, 3.63) is 53.1 Å². The Morgan fingerprint density at radius 3 is 2.31 bits per heavy atom. The van der Waals surface area contributed by atoms with Gasteiger partial charge in [-0.05, 0) is 43.0 Å². The van der Waals surface area contributed by atoms with E-state index in [4.69, 9.17) is 14.2 Å². The van der Waals surface area contributed by atoms with Gasteiger partial charge in [-0.2, -0.15) is 0 Å². The van der Waals surface area contributed by atoms with Gasteiger partial charge in [0.1, 0.15) is 11.9 Å². The van der Waals surface area contributed by atoms with E-state index in [-0.39, 0.29) is 41.3 Å². The van der Waals surface area contributed by atoms with Crippen molar-refractivity contribution in [2.24, 2.45) is 11.8 Å². The number of ether oxygens (including phenoxy) is 3. The second kappa shape index (κ2) is 13.1. The Balaban J connectivity index is 2.22. The molecule has 0 saturated heterocycles. The Hall–Kier alpha value is -3.29. The maximum atomic E-state index is 13.7. The normalized spacial score (nSPS) is 13.6. The zero-order chi connectivity index (χ0) is 27.0. The van der Waals surface area contributed by atoms with Gasteiger partial charge in [-0.15, -0.1) is 0 Å². The standard InChI is InChI=1S/C28H36FNO6/c1-8-20(9-2)25(22-11-10-21(29)14-16(22)3)18(5)35-28(33)17(4)15-23(32)26-27(36-19(6)31)24(34-7)12-13-30-26/h10-14,17-18,20,25H,8-9,15H2,1-7H3/t17-,18+,25-/m1/s1. The largest absolute Gasteiger partial charge is 0.493 e. The van der Waals surface area contributed by atoms with Crippen LogP contribution in [-0.4, -0.2) is 35.9 Å². The van der Waals surface area contributed by atoms with Gasteiger partial charge < -0.3 is 14.2 Å². The molecule has 0 aliphatic rings. The molecule has 1 heterocycles. The van der Waals surface area contributed by atoms with Crippen LogP contribution in [0.15, 0.2) is 30.5 Å². The predicted octanol–water partition coefficient (Wildman–Crippen LogP) is 5.82. The fourth-order valence-corrected chi connectivity index (χ4v) is 4.56. The third-order valence-corrected chi connectivity index (χ3v) is 6.45. The Labute approximate surface area is 212 Å². The molecule has 0 fully saturated rings. The molecule has 0 aliphatic carbocycles. The zero-order valence-corrected chi connectivity index (χ0v) is 22.1. The number of esters is 2. The molecule has 0 saturated carbocycles. The number of halogens is 1. The van der Waals surface area contributed by atoms with Crippen molar-refractivity contribution in [3.63, 3.8) is 0 Å². The summed E-state index contributed by atoms with van der Waals surface area (Å²) in [5.74, 6) is -2.49. The lowest BCUT2D eigenvalue weighted by molar-refractivity contribution is -0.154. The van der Waals surface area contributed by atoms with E-state index in [0.717, 1.165) is 24.0 Å². The number of aryl methyl sites for hydroxylation is 1. The number of methoxy groups -OCH3 is 1. The van der Waals surface area contributed by atoms with E-state index < -0.39 is 29.7 Å². The summed E-state index contributed by atoms with van der Waals surface area (Å²) in [6.45, 7) is 10.7. The molecule has 0 radical (unpaired) electrons. The Kier molecular flexibility index (Phi) is 10.6. The highest BCUT2D eigenvalue weighted by Gasteiger charge is 2.32. The van der Waals surface area contributed by atoms with Crippen LogP contribution in [-0.2, 0) is 14.3 Å². The third-order valence-electron chi connectivity index (χ3n) is 6.45. The summed E-state index contributed by atoms with van der Waals surface area (Å²) in [7, 11) is 1.39. The number of Topliss-reactive ketones (excluding diaryl/α,β-unsaturated/α-hetero) is 1. The number of carbonyl (C=O) groups excluding carboxylic acids is 3. The number of nitrogens with zero attached hydrogens (tertiary/aromatic N) is 1. The molecule has 1 aromatic heterocycles. The smallest absolute Gasteiger partial charge is 0.309 e. The van der Waals surface area contributed by atoms with Crippen molar-refractivity contribution >= 4 is 17.7 Å². The van der Waals surface area contributed by atoms with E-state index in [1.54, 1.807) is 13.0 Å². The Morgan fingerprint density at radius 1 is 1.08 bits per heavy atom. The average molecular weight is 502 g/mol. The van der Waals surface area contributed by atoms with Crippen molar-refractivity contribution < 1.29 is 33.0 Å². The maximum absolute atomic E-state index is 13.7. The van der Waals surface area contributed by atoms with Gasteiger partial charge in [0.25, 0.3) is 0 Å². The molecule has 7 nitrogen and oxygen atoms in total. The second-order valence-electron chi connectivity index (χ2n) is 9.06. The van der Waals surface area contributed by atoms with Crippen LogP contribution in [0.5, 0.6) is 11.5 Å². The van der Waals surface area contributed by atoms with Gasteiger partial charge in [-0.25, -0.2) is 9.37 Å². The molecule has 0 aliphatic heterocycles. The van der Waals surface area contributed by atoms with Crippen molar-refractivity contribution in [3.8, 4) is 11.5 Å². The van der Waals surface area contributed by atoms with Crippen molar-refractivity contribution in [2.45, 2.75) is 72.8 Å². The first-order valence-corrected chi connectivity index (χ1v) is 12.2. The maximum Gasteiger partial charge on any atom is 0.309 e. The number of pyridine rings is 1. The number of rotatable bonds is 12. The molecule has 196 valence electrons. The minimum atomic E-state index is -0.769. The third kappa shape index (κ3) is 7.12. The summed E-state index contributed by atoms with van der Waals surface area (Å²) in [5.41, 5.74) is 1.66. The highest BCUT2D eigenvalue weighted by molar-refractivity contribution is 5.99. The first-order valence-electron chi connectivity index (χ1n) is 12.2. The lowest BCUT2D eigenvalue weighted by atomic mass is 9.78. The molecule has 2 rings (SSSR count). The highest BCUT2D eigenvalue weighted by atomic mass is 19.1. The van der Waals surface area contributed by atoms with Crippen molar-refractivity contribution in [2.75, 3.05) is 7.11 Å². The summed E-state index contributed by atoms with van der Waals surface area (Å²) in [5, 5.41) is 0. The molecule has 0 N–H and O–H groups in total. The average Bonchev–Trinajstić information content (AvgIpc) is 2.82. The summed E-state index contributed by atoms with van der Waals surface area (Å²) in [4.78, 5) is 41.6. The van der Waals surface area contributed by atoms with E-state index in [1.165, 1.54) is 38.4 Å². The molecule has 0 bridgehead atoms. The molecule has 0 spiro atoms. The topological polar surface area (TPSA) is 91.8 Å². The predicted molar refractivity (Wildman–Crippen MR) is 134 cm³/mol. The summed E-state index contributed by atoms with van der Waals surface area (Å²) in [6, 6.07) is 6.15. The number of carbonyl (C=O) groups is 3. The molecule has 36 heavy (non-hydrogen) atoms. The van der Waals surface area contributed by atoms with Crippen LogP contribution >= 0.6 is 0 Å². The van der Waals surface area contributed by atoms with Crippen LogP contribution in [0.4, 0.5) is 4.39 Å². The lowest BCUT2D eigenvalue weighted by Gasteiger charge is -2.32. The van der Waals surface area contributed by atoms with E-state index in [2.05, 4.69) is 18.8 Å². The van der Waals surface area contributed by atoms with Crippen LogP contribution in [0, 0.1) is 24.6 Å². The van der Waals surface area contributed by atoms with Crippen molar-refractivity contribution in [1.29, 1.82) is 0 Å². The Morgan fingerprint density at radius 2 is 1.75 bits per heavy atom. The van der Waals surface area contributed by atoms with Crippen LogP contribution < -0.4 is 9.47 Å². The van der Waals surface area contributed by atoms with Crippen LogP contribution in [0.25, 0.3) is 0 Å². The molecule has 2 aromatic rings. The molecule has 0 amide bonds. The van der Waals surface area contributed by atoms with Gasteiger partial charge in [0.2, 0.25) is 5.75 Å². The van der Waals surface area contributed by atoms with E-state index in [0.29, 0.717) is 0 Å². The number of hydrogen-bond acceptors (Lipinski definition) is 7. The van der Waals surface area contributed by atoms with Gasteiger partial charge in [0, 0.05) is 31.5 Å². The fraction of sp³-hybridized carbons (Fsp3) is 0.500. The molecule has 0 unspecified atom stereocenters. The summed E-state index contributed by atoms with van der Waals surface area (Å²) in [6.07, 6.45) is 2.43. The van der Waals surface area contributed by atoms with Gasteiger partial charge in [0.05, 0.1) is 13.0 Å². The van der Waals surface area contributed by atoms with Gasteiger partial charge in [-0.3, -0.25) is 14.4 Å². The van der Waals surface area contributed by atoms with Crippen LogP contribution in [0.1, 0.15) is 81.4 Å². The van der Waals surface area contributed by atoms with Crippen LogP contribution in [0.2, 0.25) is 0 Å². The zero-order valence-electron chi connectivity index (χ0n) is 22.1.